The fourth-order valence-corrected chi connectivity index (χ4v) is 1.31. The molecule has 1 atom stereocenters. The number of benzene rings is 1. The highest BCUT2D eigenvalue weighted by atomic mass is 16.6. The van der Waals surface area contributed by atoms with Gasteiger partial charge in [0.25, 0.3) is 5.69 Å². The number of carbonyl (C=O) groups is 1. The predicted molar refractivity (Wildman–Crippen MR) is 63.3 cm³/mol. The van der Waals surface area contributed by atoms with Gasteiger partial charge in [0.05, 0.1) is 10.5 Å². The average Bonchev–Trinajstić information content (AvgIpc) is 2.28. The summed E-state index contributed by atoms with van der Waals surface area (Å²) >= 11 is 0. The molecule has 0 aliphatic carbocycles. The van der Waals surface area contributed by atoms with Crippen molar-refractivity contribution in [1.29, 1.82) is 0 Å². The van der Waals surface area contributed by atoms with E-state index < -0.39 is 10.9 Å². The number of nitro benzene ring substituents is 1. The molecule has 1 aromatic rings. The summed E-state index contributed by atoms with van der Waals surface area (Å²) in [6, 6.07) is 3.64. The van der Waals surface area contributed by atoms with E-state index in [1.54, 1.807) is 6.92 Å². The highest BCUT2D eigenvalue weighted by Crippen LogP contribution is 2.28. The van der Waals surface area contributed by atoms with Crippen molar-refractivity contribution in [2.45, 2.75) is 13.0 Å². The molecule has 0 saturated carbocycles. The fraction of sp³-hybridized carbons (Fsp3) is 0.182. The van der Waals surface area contributed by atoms with Crippen molar-refractivity contribution < 1.29 is 14.8 Å². The first-order valence-electron chi connectivity index (χ1n) is 4.87. The third kappa shape index (κ3) is 2.81. The van der Waals surface area contributed by atoms with Gasteiger partial charge in [-0.25, -0.2) is 4.79 Å². The minimum atomic E-state index is -1.22. The van der Waals surface area contributed by atoms with Crippen LogP contribution >= 0.6 is 0 Å². The molecular formula is C11H12N2O4. The second-order valence-corrected chi connectivity index (χ2v) is 3.43. The number of nitrogens with one attached hydrogen (secondary N) is 1. The van der Waals surface area contributed by atoms with E-state index in [1.165, 1.54) is 24.3 Å². The van der Waals surface area contributed by atoms with Gasteiger partial charge in [-0.3, -0.25) is 10.1 Å². The molecule has 0 aromatic heterocycles. The van der Waals surface area contributed by atoms with Crippen LogP contribution in [0.5, 0.6) is 0 Å². The highest BCUT2D eigenvalue weighted by Gasteiger charge is 2.21. The Morgan fingerprint density at radius 2 is 2.29 bits per heavy atom. The summed E-state index contributed by atoms with van der Waals surface area (Å²) in [6.45, 7) is 5.24. The van der Waals surface area contributed by atoms with Crippen molar-refractivity contribution in [3.63, 3.8) is 0 Å². The van der Waals surface area contributed by atoms with Crippen LogP contribution in [0.4, 0.5) is 11.4 Å². The molecule has 0 bridgehead atoms. The van der Waals surface area contributed by atoms with Crippen LogP contribution in [-0.4, -0.2) is 22.0 Å². The van der Waals surface area contributed by atoms with Crippen molar-refractivity contribution in [2.75, 3.05) is 5.32 Å². The molecule has 0 saturated heterocycles. The normalized spacial score (nSPS) is 11.6. The lowest BCUT2D eigenvalue weighted by atomic mass is 10.1. The van der Waals surface area contributed by atoms with Crippen molar-refractivity contribution in [2.24, 2.45) is 0 Å². The van der Waals surface area contributed by atoms with Crippen molar-refractivity contribution in [3.05, 3.63) is 46.5 Å². The molecule has 1 unspecified atom stereocenters. The second kappa shape index (κ2) is 5.11. The molecule has 1 aromatic carbocycles. The minimum absolute atomic E-state index is 0.00241. The van der Waals surface area contributed by atoms with Crippen LogP contribution in [0.25, 0.3) is 0 Å². The monoisotopic (exact) mass is 236 g/mol. The molecule has 0 aliphatic rings. The third-order valence-electron chi connectivity index (χ3n) is 2.20. The van der Waals surface area contributed by atoms with Crippen LogP contribution in [0.1, 0.15) is 17.3 Å². The third-order valence-corrected chi connectivity index (χ3v) is 2.20. The predicted octanol–water partition coefficient (Wildman–Crippen LogP) is 2.28. The van der Waals surface area contributed by atoms with Gasteiger partial charge in [-0.1, -0.05) is 12.1 Å². The van der Waals surface area contributed by atoms with Crippen LogP contribution in [0.3, 0.4) is 0 Å². The molecule has 90 valence electrons. The lowest BCUT2D eigenvalue weighted by Gasteiger charge is -2.13. The van der Waals surface area contributed by atoms with Gasteiger partial charge >= 0.3 is 5.97 Å². The number of nitro groups is 1. The van der Waals surface area contributed by atoms with Crippen molar-refractivity contribution in [1.82, 2.24) is 0 Å². The Labute approximate surface area is 97.7 Å². The summed E-state index contributed by atoms with van der Waals surface area (Å²) in [5.41, 5.74) is -0.399. The Kier molecular flexibility index (Phi) is 3.82. The SMILES string of the molecule is C=CC(C)Nc1c(C(=O)O)cccc1[N+](=O)[O-]. The summed E-state index contributed by atoms with van der Waals surface area (Å²) in [6.07, 6.45) is 1.53. The van der Waals surface area contributed by atoms with Gasteiger partial charge in [-0.05, 0) is 13.0 Å². The first-order valence-corrected chi connectivity index (χ1v) is 4.87. The van der Waals surface area contributed by atoms with E-state index in [0.717, 1.165) is 0 Å². The van der Waals surface area contributed by atoms with Gasteiger partial charge < -0.3 is 10.4 Å². The molecule has 6 nitrogen and oxygen atoms in total. The molecule has 17 heavy (non-hydrogen) atoms. The number of nitrogens with zero attached hydrogens (tertiary/aromatic N) is 1. The quantitative estimate of drug-likeness (QED) is 0.464. The van der Waals surface area contributed by atoms with Crippen LogP contribution in [0.2, 0.25) is 0 Å². The zero-order chi connectivity index (χ0) is 13.0. The van der Waals surface area contributed by atoms with Gasteiger partial charge in [-0.15, -0.1) is 6.58 Å². The van der Waals surface area contributed by atoms with Gasteiger partial charge in [-0.2, -0.15) is 0 Å². The largest absolute Gasteiger partial charge is 0.478 e. The van der Waals surface area contributed by atoms with Gasteiger partial charge in [0.1, 0.15) is 5.69 Å². The molecular weight excluding hydrogens is 224 g/mol. The molecule has 0 spiro atoms. The van der Waals surface area contributed by atoms with Gasteiger partial charge in [0.15, 0.2) is 0 Å². The number of hydrogen-bond acceptors (Lipinski definition) is 4. The topological polar surface area (TPSA) is 92.5 Å². The lowest BCUT2D eigenvalue weighted by molar-refractivity contribution is -0.384. The van der Waals surface area contributed by atoms with E-state index >= 15 is 0 Å². The summed E-state index contributed by atoms with van der Waals surface area (Å²) in [7, 11) is 0. The smallest absolute Gasteiger partial charge is 0.338 e. The Hall–Kier alpha value is -2.37. The molecule has 1 rings (SSSR count). The maximum absolute atomic E-state index is 11.0. The zero-order valence-electron chi connectivity index (χ0n) is 9.21. The molecule has 0 aliphatic heterocycles. The Morgan fingerprint density at radius 1 is 1.65 bits per heavy atom. The summed E-state index contributed by atoms with van der Waals surface area (Å²) in [4.78, 5) is 21.2. The van der Waals surface area contributed by atoms with E-state index in [9.17, 15) is 14.9 Å². The lowest BCUT2D eigenvalue weighted by Crippen LogP contribution is -2.16. The van der Waals surface area contributed by atoms with E-state index in [0.29, 0.717) is 0 Å². The van der Waals surface area contributed by atoms with Crippen molar-refractivity contribution >= 4 is 17.3 Å². The molecule has 6 heteroatoms. The number of para-hydroxylation sites is 1. The second-order valence-electron chi connectivity index (χ2n) is 3.43. The first-order chi connectivity index (χ1) is 7.97. The summed E-state index contributed by atoms with van der Waals surface area (Å²) < 4.78 is 0. The maximum atomic E-state index is 11.0. The standard InChI is InChI=1S/C11H12N2O4/c1-3-7(2)12-10-8(11(14)15)5-4-6-9(10)13(16)17/h3-7,12H,1H2,2H3,(H,14,15). The van der Waals surface area contributed by atoms with Crippen LogP contribution in [0, 0.1) is 10.1 Å². The highest BCUT2D eigenvalue weighted by molar-refractivity contribution is 5.96. The molecule has 0 heterocycles. The van der Waals surface area contributed by atoms with E-state index in [1.807, 2.05) is 0 Å². The summed E-state index contributed by atoms with van der Waals surface area (Å²) in [5, 5.41) is 22.5. The number of carboxylic acids is 1. The number of rotatable bonds is 5. The number of anilines is 1. The minimum Gasteiger partial charge on any atom is -0.478 e. The number of carboxylic acid groups (broad SMARTS) is 1. The maximum Gasteiger partial charge on any atom is 0.338 e. The Bertz CT molecular complexity index is 438. The molecule has 0 fully saturated rings. The molecule has 0 amide bonds. The van der Waals surface area contributed by atoms with Crippen molar-refractivity contribution in [3.8, 4) is 0 Å². The van der Waals surface area contributed by atoms with Crippen LogP contribution < -0.4 is 5.32 Å². The van der Waals surface area contributed by atoms with E-state index in [4.69, 9.17) is 5.11 Å². The number of aromatic carboxylic acids is 1. The Balaban J connectivity index is 3.33. The molecule has 2 N–H and O–H groups in total. The van der Waals surface area contributed by atoms with Gasteiger partial charge in [0, 0.05) is 12.1 Å². The number of hydrogen-bond donors (Lipinski definition) is 2. The van der Waals surface area contributed by atoms with Crippen LogP contribution in [-0.2, 0) is 0 Å². The molecule has 0 radical (unpaired) electrons. The van der Waals surface area contributed by atoms with E-state index in [-0.39, 0.29) is 23.0 Å². The summed E-state index contributed by atoms with van der Waals surface area (Å²) in [5.74, 6) is -1.22. The zero-order valence-corrected chi connectivity index (χ0v) is 9.21. The Morgan fingerprint density at radius 3 is 2.76 bits per heavy atom. The van der Waals surface area contributed by atoms with E-state index in [2.05, 4.69) is 11.9 Å². The van der Waals surface area contributed by atoms with Crippen LogP contribution in [0.15, 0.2) is 30.9 Å². The fourth-order valence-electron chi connectivity index (χ4n) is 1.31. The first kappa shape index (κ1) is 12.7. The van der Waals surface area contributed by atoms with Gasteiger partial charge in [0.2, 0.25) is 0 Å². The average molecular weight is 236 g/mol.